The highest BCUT2D eigenvalue weighted by Crippen LogP contribution is 2.25. The quantitative estimate of drug-likeness (QED) is 0.462. The highest BCUT2D eigenvalue weighted by Gasteiger charge is 2.43. The van der Waals surface area contributed by atoms with E-state index >= 15 is 0 Å². The molecule has 28 heavy (non-hydrogen) atoms. The molecule has 0 N–H and O–H groups in total. The molecule has 0 unspecified atom stereocenters. The lowest BCUT2D eigenvalue weighted by Gasteiger charge is -2.34. The molecule has 0 amide bonds. The van der Waals surface area contributed by atoms with E-state index < -0.39 is 23.5 Å². The first-order valence-corrected chi connectivity index (χ1v) is 13.5. The second-order valence-electron chi connectivity index (χ2n) is 7.05. The van der Waals surface area contributed by atoms with Crippen molar-refractivity contribution in [3.05, 3.63) is 108 Å². The maximum absolute atomic E-state index is 6.78. The van der Waals surface area contributed by atoms with Crippen molar-refractivity contribution < 1.29 is 11.1 Å². The summed E-state index contributed by atoms with van der Waals surface area (Å²) in [4.78, 5) is 0. The topological polar surface area (TPSA) is 27.7 Å². The van der Waals surface area contributed by atoms with Crippen molar-refractivity contribution in [1.82, 2.24) is 0 Å². The fourth-order valence-electron chi connectivity index (χ4n) is 3.61. The molecule has 3 nitrogen and oxygen atoms in total. The molecule has 0 atom stereocenters. The summed E-state index contributed by atoms with van der Waals surface area (Å²) in [7, 11) is 1.06. The third kappa shape index (κ3) is 6.15. The highest BCUT2D eigenvalue weighted by molar-refractivity contribution is 6.77. The lowest BCUT2D eigenvalue weighted by molar-refractivity contribution is 0.196. The minimum atomic E-state index is -2.31. The van der Waals surface area contributed by atoms with Gasteiger partial charge in [0.2, 0.25) is 0 Å². The lowest BCUT2D eigenvalue weighted by atomic mass is 10.2. The number of rotatable bonds is 10. The minimum Gasteiger partial charge on any atom is -0.498 e. The van der Waals surface area contributed by atoms with Crippen LogP contribution in [-0.4, -0.2) is 37.7 Å². The Bertz CT molecular complexity index is 710. The van der Waals surface area contributed by atoms with Crippen LogP contribution in [0.1, 0.15) is 16.7 Å². The van der Waals surface area contributed by atoms with Gasteiger partial charge in [-0.3, -0.25) is 0 Å². The van der Waals surface area contributed by atoms with Gasteiger partial charge in [-0.25, -0.2) is 0 Å². The van der Waals surface area contributed by atoms with E-state index in [2.05, 4.69) is 91.0 Å². The minimum absolute atomic E-state index is 0.924. The molecule has 0 saturated carbocycles. The number of hydrogen-bond donors (Lipinski definition) is 0. The summed E-state index contributed by atoms with van der Waals surface area (Å²) < 4.78 is 18.0. The van der Waals surface area contributed by atoms with Crippen LogP contribution in [0, 0.1) is 0 Å². The monoisotopic (exact) mass is 406 g/mol. The van der Waals surface area contributed by atoms with Gasteiger partial charge in [0.05, 0.1) is 0 Å². The molecule has 0 fully saturated rings. The molecule has 0 aliphatic carbocycles. The second kappa shape index (κ2) is 10.7. The molecule has 0 spiro atoms. The molecule has 5 heteroatoms. The van der Waals surface area contributed by atoms with Gasteiger partial charge in [-0.15, -0.1) is 0 Å². The van der Waals surface area contributed by atoms with Crippen molar-refractivity contribution in [1.29, 1.82) is 0 Å². The Morgan fingerprint density at radius 1 is 0.571 bits per heavy atom. The molecular formula is C23H27AlO3Si. The van der Waals surface area contributed by atoms with Gasteiger partial charge in [0.1, 0.15) is 0 Å². The second-order valence-corrected chi connectivity index (χ2v) is 12.9. The first-order chi connectivity index (χ1) is 13.7. The molecule has 0 aliphatic heterocycles. The fraction of sp³-hybridized carbons (Fsp3) is 0.217. The van der Waals surface area contributed by atoms with Gasteiger partial charge in [-0.2, -0.15) is 0 Å². The Kier molecular flexibility index (Phi) is 8.05. The first kappa shape index (κ1) is 21.0. The summed E-state index contributed by atoms with van der Waals surface area (Å²) >= 11 is -2.18. The van der Waals surface area contributed by atoms with E-state index in [4.69, 9.17) is 11.1 Å². The summed E-state index contributed by atoms with van der Waals surface area (Å²) in [6.07, 6.45) is 0. The van der Waals surface area contributed by atoms with Gasteiger partial charge in [0, 0.05) is 14.2 Å². The smallest absolute Gasteiger partial charge is 0.498 e. The van der Waals surface area contributed by atoms with Crippen molar-refractivity contribution in [2.24, 2.45) is 0 Å². The molecule has 3 aromatic rings. The van der Waals surface area contributed by atoms with Crippen LogP contribution in [0.3, 0.4) is 0 Å². The predicted octanol–water partition coefficient (Wildman–Crippen LogP) is 4.57. The van der Waals surface area contributed by atoms with E-state index in [1.54, 1.807) is 14.2 Å². The van der Waals surface area contributed by atoms with Gasteiger partial charge in [0.25, 0.3) is 0 Å². The molecule has 0 aliphatic rings. The van der Waals surface area contributed by atoms with E-state index in [0.717, 1.165) is 18.1 Å². The molecule has 0 radical (unpaired) electrons. The van der Waals surface area contributed by atoms with Gasteiger partial charge < -0.3 is 11.1 Å². The molecule has 0 heterocycles. The third-order valence-corrected chi connectivity index (χ3v) is 11.5. The molecule has 0 saturated heterocycles. The zero-order valence-electron chi connectivity index (χ0n) is 16.6. The summed E-state index contributed by atoms with van der Waals surface area (Å²) in [6, 6.07) is 34.7. The molecule has 3 rings (SSSR count). The van der Waals surface area contributed by atoms with E-state index in [9.17, 15) is 0 Å². The zero-order valence-corrected chi connectivity index (χ0v) is 18.7. The van der Waals surface area contributed by atoms with Gasteiger partial charge in [-0.1, -0.05) is 91.0 Å². The summed E-state index contributed by atoms with van der Waals surface area (Å²) in [6.45, 7) is 0. The van der Waals surface area contributed by atoms with Crippen LogP contribution in [0.15, 0.2) is 91.0 Å². The zero-order chi connectivity index (χ0) is 19.7. The average molecular weight is 407 g/mol. The molecule has 3 aromatic carbocycles. The van der Waals surface area contributed by atoms with Crippen molar-refractivity contribution in [3.8, 4) is 0 Å². The largest absolute Gasteiger partial charge is 0.893 e. The Balaban J connectivity index is 1.99. The predicted molar refractivity (Wildman–Crippen MR) is 117 cm³/mol. The lowest BCUT2D eigenvalue weighted by Crippen LogP contribution is -2.52. The molecule has 144 valence electrons. The van der Waals surface area contributed by atoms with Crippen molar-refractivity contribution in [2.75, 3.05) is 14.2 Å². The van der Waals surface area contributed by atoms with E-state index in [0.29, 0.717) is 0 Å². The Labute approximate surface area is 174 Å². The van der Waals surface area contributed by atoms with Gasteiger partial charge in [-0.05, 0) is 34.8 Å². The van der Waals surface area contributed by atoms with Crippen LogP contribution in [-0.2, 0) is 29.2 Å². The standard InChI is InChI=1S/C21H21OSi.2CH3O.Al/c22-23(16-19-10-4-1-5-11-19,17-20-12-6-2-7-13-20)18-21-14-8-3-9-15-21;2*1-2;/h1-15H,16-18H2;2*1H3;/q3*-1;+3. The van der Waals surface area contributed by atoms with Gasteiger partial charge in [0.15, 0.2) is 8.32 Å². The normalized spacial score (nSPS) is 11.4. The Morgan fingerprint density at radius 3 is 1.18 bits per heavy atom. The summed E-state index contributed by atoms with van der Waals surface area (Å²) in [5.41, 5.74) is 3.92. The van der Waals surface area contributed by atoms with E-state index in [-0.39, 0.29) is 0 Å². The van der Waals surface area contributed by atoms with Crippen molar-refractivity contribution in [2.45, 2.75) is 18.1 Å². The van der Waals surface area contributed by atoms with Crippen LogP contribution < -0.4 is 0 Å². The Morgan fingerprint density at radius 2 is 0.893 bits per heavy atom. The number of hydrogen-bond acceptors (Lipinski definition) is 3. The van der Waals surface area contributed by atoms with E-state index in [1.807, 2.05) is 0 Å². The van der Waals surface area contributed by atoms with Crippen LogP contribution in [0.25, 0.3) is 0 Å². The van der Waals surface area contributed by atoms with Crippen LogP contribution in [0.2, 0.25) is 0 Å². The van der Waals surface area contributed by atoms with Crippen LogP contribution in [0.5, 0.6) is 0 Å². The molecule has 0 aromatic heterocycles. The first-order valence-electron chi connectivity index (χ1n) is 9.58. The maximum Gasteiger partial charge on any atom is 0.893 e. The van der Waals surface area contributed by atoms with Crippen LogP contribution >= 0.6 is 0 Å². The molecule has 0 bridgehead atoms. The van der Waals surface area contributed by atoms with Crippen LogP contribution in [0.4, 0.5) is 0 Å². The molecular weight excluding hydrogens is 379 g/mol. The highest BCUT2D eigenvalue weighted by atomic mass is 28.4. The SMILES string of the molecule is C[O][Al]([O]C)[O][Si](Cc1ccccc1)(Cc1ccccc1)Cc1ccccc1. The summed E-state index contributed by atoms with van der Waals surface area (Å²) in [5, 5.41) is 0. The Hall–Kier alpha value is -1.71. The van der Waals surface area contributed by atoms with Crippen molar-refractivity contribution >= 4 is 23.5 Å². The van der Waals surface area contributed by atoms with Crippen molar-refractivity contribution in [3.63, 3.8) is 0 Å². The maximum atomic E-state index is 6.78. The summed E-state index contributed by atoms with van der Waals surface area (Å²) in [5.74, 6) is 0. The average Bonchev–Trinajstić information content (AvgIpc) is 2.74. The van der Waals surface area contributed by atoms with Gasteiger partial charge >= 0.3 is 15.1 Å². The van der Waals surface area contributed by atoms with E-state index in [1.165, 1.54) is 16.7 Å². The number of benzene rings is 3. The third-order valence-electron chi connectivity index (χ3n) is 4.84. The fourth-order valence-corrected chi connectivity index (χ4v) is 10.5.